The van der Waals surface area contributed by atoms with Gasteiger partial charge in [-0.1, -0.05) is 61.0 Å². The molecular weight excluding hydrogens is 280 g/mol. The molecule has 2 aromatic rings. The van der Waals surface area contributed by atoms with Crippen LogP contribution in [0.4, 0.5) is 0 Å². The van der Waals surface area contributed by atoms with E-state index in [2.05, 4.69) is 49.2 Å². The van der Waals surface area contributed by atoms with Gasteiger partial charge in [-0.25, -0.2) is 0 Å². The second kappa shape index (κ2) is 7.60. The van der Waals surface area contributed by atoms with E-state index >= 15 is 0 Å². The molecule has 0 bridgehead atoms. The van der Waals surface area contributed by atoms with Crippen molar-refractivity contribution in [1.29, 1.82) is 0 Å². The molecular formula is C18H23ClN2. The fourth-order valence-corrected chi connectivity index (χ4v) is 2.57. The molecule has 0 spiro atoms. The maximum atomic E-state index is 6.20. The molecule has 0 saturated carbocycles. The smallest absolute Gasteiger partial charge is 0.0451 e. The van der Waals surface area contributed by atoms with Gasteiger partial charge in [0.25, 0.3) is 0 Å². The van der Waals surface area contributed by atoms with E-state index in [1.807, 2.05) is 18.2 Å². The summed E-state index contributed by atoms with van der Waals surface area (Å²) in [5.41, 5.74) is 9.47. The van der Waals surface area contributed by atoms with Crippen molar-refractivity contribution >= 4 is 11.6 Å². The van der Waals surface area contributed by atoms with Gasteiger partial charge in [-0.05, 0) is 42.3 Å². The number of rotatable bonds is 6. The second-order valence-electron chi connectivity index (χ2n) is 5.64. The number of halogens is 1. The molecule has 0 amide bonds. The van der Waals surface area contributed by atoms with Crippen LogP contribution in [0.3, 0.4) is 0 Å². The van der Waals surface area contributed by atoms with Gasteiger partial charge in [-0.15, -0.1) is 0 Å². The minimum Gasteiger partial charge on any atom is -0.330 e. The predicted octanol–water partition coefficient (Wildman–Crippen LogP) is 4.03. The molecule has 1 unspecified atom stereocenters. The summed E-state index contributed by atoms with van der Waals surface area (Å²) in [6.07, 6.45) is 0. The average molecular weight is 303 g/mol. The van der Waals surface area contributed by atoms with Crippen molar-refractivity contribution < 1.29 is 0 Å². The summed E-state index contributed by atoms with van der Waals surface area (Å²) in [6, 6.07) is 16.7. The lowest BCUT2D eigenvalue weighted by atomic mass is 10.00. The third-order valence-corrected chi connectivity index (χ3v) is 4.12. The number of benzene rings is 2. The van der Waals surface area contributed by atoms with Crippen LogP contribution in [-0.2, 0) is 13.1 Å². The predicted molar refractivity (Wildman–Crippen MR) is 90.5 cm³/mol. The van der Waals surface area contributed by atoms with Gasteiger partial charge in [0.2, 0.25) is 0 Å². The zero-order chi connectivity index (χ0) is 15.2. The van der Waals surface area contributed by atoms with E-state index in [1.54, 1.807) is 0 Å². The second-order valence-corrected chi connectivity index (χ2v) is 6.05. The van der Waals surface area contributed by atoms with Crippen molar-refractivity contribution in [3.63, 3.8) is 0 Å². The van der Waals surface area contributed by atoms with E-state index in [-0.39, 0.29) is 0 Å². The van der Waals surface area contributed by atoms with E-state index in [1.165, 1.54) is 11.1 Å². The molecule has 21 heavy (non-hydrogen) atoms. The van der Waals surface area contributed by atoms with E-state index < -0.39 is 0 Å². The van der Waals surface area contributed by atoms with Crippen LogP contribution in [0, 0.1) is 0 Å². The van der Waals surface area contributed by atoms with E-state index in [0.717, 1.165) is 23.7 Å². The molecule has 0 saturated heterocycles. The maximum Gasteiger partial charge on any atom is 0.0451 e. The molecule has 0 heterocycles. The number of hydrogen-bond acceptors (Lipinski definition) is 2. The minimum absolute atomic E-state index is 0.417. The SMILES string of the molecule is CC(CN)c1ccc(CN(C)Cc2ccccc2Cl)cc1. The molecule has 0 aliphatic rings. The molecule has 2 aromatic carbocycles. The van der Waals surface area contributed by atoms with Gasteiger partial charge in [0.1, 0.15) is 0 Å². The molecule has 0 radical (unpaired) electrons. The Labute approximate surface area is 132 Å². The highest BCUT2D eigenvalue weighted by Crippen LogP contribution is 2.18. The molecule has 0 aliphatic heterocycles. The van der Waals surface area contributed by atoms with Crippen molar-refractivity contribution in [3.05, 3.63) is 70.2 Å². The van der Waals surface area contributed by atoms with Crippen molar-refractivity contribution in [2.75, 3.05) is 13.6 Å². The third-order valence-electron chi connectivity index (χ3n) is 3.75. The first kappa shape index (κ1) is 16.0. The molecule has 2 N–H and O–H groups in total. The molecule has 0 aliphatic carbocycles. The lowest BCUT2D eigenvalue weighted by Crippen LogP contribution is -2.17. The largest absolute Gasteiger partial charge is 0.330 e. The summed E-state index contributed by atoms with van der Waals surface area (Å²) in [7, 11) is 2.11. The Morgan fingerprint density at radius 2 is 1.71 bits per heavy atom. The lowest BCUT2D eigenvalue weighted by molar-refractivity contribution is 0.319. The van der Waals surface area contributed by atoms with Crippen molar-refractivity contribution in [1.82, 2.24) is 4.90 Å². The summed E-state index contributed by atoms with van der Waals surface area (Å²) < 4.78 is 0. The highest BCUT2D eigenvalue weighted by Gasteiger charge is 2.06. The zero-order valence-corrected chi connectivity index (χ0v) is 13.5. The highest BCUT2D eigenvalue weighted by atomic mass is 35.5. The summed E-state index contributed by atoms with van der Waals surface area (Å²) in [5, 5.41) is 0.830. The topological polar surface area (TPSA) is 29.3 Å². The van der Waals surface area contributed by atoms with Crippen LogP contribution in [0.15, 0.2) is 48.5 Å². The minimum atomic E-state index is 0.417. The first-order valence-electron chi connectivity index (χ1n) is 7.31. The summed E-state index contributed by atoms with van der Waals surface area (Å²) >= 11 is 6.20. The molecule has 3 heteroatoms. The third kappa shape index (κ3) is 4.57. The van der Waals surface area contributed by atoms with Crippen LogP contribution in [0.5, 0.6) is 0 Å². The van der Waals surface area contributed by atoms with Crippen LogP contribution >= 0.6 is 11.6 Å². The van der Waals surface area contributed by atoms with Crippen LogP contribution in [0.2, 0.25) is 5.02 Å². The van der Waals surface area contributed by atoms with Crippen LogP contribution < -0.4 is 5.73 Å². The average Bonchev–Trinajstić information content (AvgIpc) is 2.49. The molecule has 0 aromatic heterocycles. The standard InChI is InChI=1S/C18H23ClN2/c1-14(11-20)16-9-7-15(8-10-16)12-21(2)13-17-5-3-4-6-18(17)19/h3-10,14H,11-13,20H2,1-2H3. The van der Waals surface area contributed by atoms with Crippen molar-refractivity contribution in [3.8, 4) is 0 Å². The quantitative estimate of drug-likeness (QED) is 0.873. The number of nitrogens with two attached hydrogens (primary N) is 1. The van der Waals surface area contributed by atoms with Gasteiger partial charge in [0.15, 0.2) is 0 Å². The fourth-order valence-electron chi connectivity index (χ4n) is 2.37. The van der Waals surface area contributed by atoms with Gasteiger partial charge < -0.3 is 5.73 Å². The Bertz CT molecular complexity index is 566. The van der Waals surface area contributed by atoms with E-state index in [4.69, 9.17) is 17.3 Å². The molecule has 0 fully saturated rings. The zero-order valence-electron chi connectivity index (χ0n) is 12.7. The normalized spacial score (nSPS) is 12.6. The maximum absolute atomic E-state index is 6.20. The Hall–Kier alpha value is -1.35. The van der Waals surface area contributed by atoms with Gasteiger partial charge in [-0.3, -0.25) is 4.90 Å². The molecule has 1 atom stereocenters. The Balaban J connectivity index is 1.96. The Morgan fingerprint density at radius 3 is 2.33 bits per heavy atom. The summed E-state index contributed by atoms with van der Waals surface area (Å²) in [5.74, 6) is 0.417. The Kier molecular flexibility index (Phi) is 5.80. The van der Waals surface area contributed by atoms with Gasteiger partial charge in [0.05, 0.1) is 0 Å². The van der Waals surface area contributed by atoms with Crippen LogP contribution in [-0.4, -0.2) is 18.5 Å². The first-order chi connectivity index (χ1) is 10.1. The first-order valence-corrected chi connectivity index (χ1v) is 7.68. The monoisotopic (exact) mass is 302 g/mol. The summed E-state index contributed by atoms with van der Waals surface area (Å²) in [4.78, 5) is 2.27. The van der Waals surface area contributed by atoms with Gasteiger partial charge >= 0.3 is 0 Å². The molecule has 2 nitrogen and oxygen atoms in total. The van der Waals surface area contributed by atoms with E-state index in [0.29, 0.717) is 12.5 Å². The Morgan fingerprint density at radius 1 is 1.05 bits per heavy atom. The molecule has 2 rings (SSSR count). The molecule has 112 valence electrons. The van der Waals surface area contributed by atoms with Crippen molar-refractivity contribution in [2.24, 2.45) is 5.73 Å². The number of hydrogen-bond donors (Lipinski definition) is 1. The lowest BCUT2D eigenvalue weighted by Gasteiger charge is -2.18. The van der Waals surface area contributed by atoms with Crippen LogP contribution in [0.25, 0.3) is 0 Å². The van der Waals surface area contributed by atoms with Gasteiger partial charge in [-0.2, -0.15) is 0 Å². The van der Waals surface area contributed by atoms with Crippen LogP contribution in [0.1, 0.15) is 29.5 Å². The van der Waals surface area contributed by atoms with Crippen molar-refractivity contribution in [2.45, 2.75) is 25.9 Å². The fraction of sp³-hybridized carbons (Fsp3) is 0.333. The highest BCUT2D eigenvalue weighted by molar-refractivity contribution is 6.31. The summed E-state index contributed by atoms with van der Waals surface area (Å²) in [6.45, 7) is 4.59. The van der Waals surface area contributed by atoms with Gasteiger partial charge in [0, 0.05) is 18.1 Å². The number of nitrogens with zero attached hydrogens (tertiary/aromatic N) is 1. The van der Waals surface area contributed by atoms with E-state index in [9.17, 15) is 0 Å².